The Morgan fingerprint density at radius 1 is 1.14 bits per heavy atom. The molecule has 2 heterocycles. The molecule has 1 amide bonds. The van der Waals surface area contributed by atoms with Crippen LogP contribution in [0.4, 0.5) is 0 Å². The summed E-state index contributed by atoms with van der Waals surface area (Å²) in [4.78, 5) is 29.9. The van der Waals surface area contributed by atoms with Crippen LogP contribution in [0.3, 0.4) is 0 Å². The number of hydrogen-bond donors (Lipinski definition) is 1. The topological polar surface area (TPSA) is 82.5 Å². The van der Waals surface area contributed by atoms with Gasteiger partial charge in [-0.3, -0.25) is 9.59 Å². The second-order valence-electron chi connectivity index (χ2n) is 6.68. The van der Waals surface area contributed by atoms with E-state index in [4.69, 9.17) is 9.47 Å². The molecule has 0 bridgehead atoms. The largest absolute Gasteiger partial charge is 0.493 e. The van der Waals surface area contributed by atoms with Gasteiger partial charge in [0.25, 0.3) is 5.91 Å². The summed E-state index contributed by atoms with van der Waals surface area (Å²) in [5, 5.41) is 3.29. The predicted molar refractivity (Wildman–Crippen MR) is 112 cm³/mol. The molecule has 0 spiro atoms. The molecular weight excluding hydrogens is 370 g/mol. The zero-order valence-electron chi connectivity index (χ0n) is 17.1. The standard InChI is InChI=1S/C22H25N3O4/c1-5-25-13-17(20(26)16-8-6-14(2)24-21(16)25)22(27)23-11-10-15-7-9-18(28-3)19(12-15)29-4/h6-9,12-13H,5,10-11H2,1-4H3,(H,23,27). The molecule has 7 heteroatoms. The van der Waals surface area contributed by atoms with Gasteiger partial charge in [-0.1, -0.05) is 6.07 Å². The minimum atomic E-state index is -0.389. The Kier molecular flexibility index (Phi) is 6.16. The van der Waals surface area contributed by atoms with Gasteiger partial charge in [-0.25, -0.2) is 4.98 Å². The number of rotatable bonds is 7. The molecule has 0 atom stereocenters. The highest BCUT2D eigenvalue weighted by Crippen LogP contribution is 2.27. The average Bonchev–Trinajstić information content (AvgIpc) is 2.73. The molecule has 0 aliphatic rings. The lowest BCUT2D eigenvalue weighted by Crippen LogP contribution is -2.31. The SMILES string of the molecule is CCn1cc(C(=O)NCCc2ccc(OC)c(OC)c2)c(=O)c2ccc(C)nc21. The van der Waals surface area contributed by atoms with E-state index in [0.29, 0.717) is 42.0 Å². The number of methoxy groups -OCH3 is 2. The number of carbonyl (C=O) groups is 1. The monoisotopic (exact) mass is 395 g/mol. The van der Waals surface area contributed by atoms with Gasteiger partial charge in [0.1, 0.15) is 11.2 Å². The van der Waals surface area contributed by atoms with Gasteiger partial charge in [0.15, 0.2) is 11.5 Å². The van der Waals surface area contributed by atoms with Crippen LogP contribution in [0.25, 0.3) is 11.0 Å². The number of ether oxygens (including phenoxy) is 2. The summed E-state index contributed by atoms with van der Waals surface area (Å²) in [6.45, 7) is 4.83. The number of fused-ring (bicyclic) bond motifs is 1. The van der Waals surface area contributed by atoms with E-state index in [-0.39, 0.29) is 16.9 Å². The Balaban J connectivity index is 1.78. The molecule has 0 saturated carbocycles. The third-order valence-corrected chi connectivity index (χ3v) is 4.79. The molecule has 3 aromatic rings. The van der Waals surface area contributed by atoms with Crippen molar-refractivity contribution in [2.45, 2.75) is 26.8 Å². The van der Waals surface area contributed by atoms with E-state index in [1.54, 1.807) is 32.5 Å². The first-order valence-corrected chi connectivity index (χ1v) is 9.48. The van der Waals surface area contributed by atoms with E-state index >= 15 is 0 Å². The Morgan fingerprint density at radius 2 is 1.90 bits per heavy atom. The molecule has 1 N–H and O–H groups in total. The Labute approximate surface area is 169 Å². The van der Waals surface area contributed by atoms with Crippen molar-refractivity contribution in [3.8, 4) is 11.5 Å². The number of amides is 1. The van der Waals surface area contributed by atoms with Crippen LogP contribution < -0.4 is 20.2 Å². The maximum atomic E-state index is 12.8. The van der Waals surface area contributed by atoms with Crippen LogP contribution >= 0.6 is 0 Å². The predicted octanol–water partition coefficient (Wildman–Crippen LogP) is 2.71. The fraction of sp³-hybridized carbons (Fsp3) is 0.318. The van der Waals surface area contributed by atoms with Crippen molar-refractivity contribution >= 4 is 16.9 Å². The van der Waals surface area contributed by atoms with Crippen molar-refractivity contribution in [2.24, 2.45) is 0 Å². The highest BCUT2D eigenvalue weighted by molar-refractivity contribution is 5.96. The number of nitrogens with one attached hydrogen (secondary N) is 1. The summed E-state index contributed by atoms with van der Waals surface area (Å²) < 4.78 is 12.4. The quantitative estimate of drug-likeness (QED) is 0.665. The fourth-order valence-electron chi connectivity index (χ4n) is 3.21. The molecule has 0 aliphatic heterocycles. The fourth-order valence-corrected chi connectivity index (χ4v) is 3.21. The van der Waals surface area contributed by atoms with Crippen molar-refractivity contribution in [2.75, 3.05) is 20.8 Å². The van der Waals surface area contributed by atoms with E-state index in [2.05, 4.69) is 10.3 Å². The molecule has 0 radical (unpaired) electrons. The maximum absolute atomic E-state index is 12.8. The number of benzene rings is 1. The third kappa shape index (κ3) is 4.23. The maximum Gasteiger partial charge on any atom is 0.256 e. The summed E-state index contributed by atoms with van der Waals surface area (Å²) in [5.41, 5.74) is 2.23. The van der Waals surface area contributed by atoms with E-state index in [1.807, 2.05) is 36.6 Å². The number of pyridine rings is 2. The Bertz CT molecular complexity index is 1110. The second-order valence-corrected chi connectivity index (χ2v) is 6.68. The van der Waals surface area contributed by atoms with Gasteiger partial charge in [0.2, 0.25) is 5.43 Å². The van der Waals surface area contributed by atoms with E-state index in [9.17, 15) is 9.59 Å². The van der Waals surface area contributed by atoms with Crippen LogP contribution in [0, 0.1) is 6.92 Å². The molecule has 0 aliphatic carbocycles. The lowest BCUT2D eigenvalue weighted by molar-refractivity contribution is 0.0952. The smallest absolute Gasteiger partial charge is 0.256 e. The summed E-state index contributed by atoms with van der Waals surface area (Å²) >= 11 is 0. The Hall–Kier alpha value is -3.35. The van der Waals surface area contributed by atoms with Crippen LogP contribution in [0.15, 0.2) is 41.3 Å². The van der Waals surface area contributed by atoms with Gasteiger partial charge in [-0.2, -0.15) is 0 Å². The van der Waals surface area contributed by atoms with Gasteiger partial charge in [-0.05, 0) is 50.1 Å². The summed E-state index contributed by atoms with van der Waals surface area (Å²) in [6.07, 6.45) is 2.19. The number of carbonyl (C=O) groups excluding carboxylic acids is 1. The summed E-state index contributed by atoms with van der Waals surface area (Å²) in [7, 11) is 3.17. The van der Waals surface area contributed by atoms with E-state index in [1.165, 1.54) is 0 Å². The van der Waals surface area contributed by atoms with Crippen molar-refractivity contribution in [3.05, 3.63) is 63.6 Å². The van der Waals surface area contributed by atoms with Crippen LogP contribution in [-0.2, 0) is 13.0 Å². The van der Waals surface area contributed by atoms with Crippen molar-refractivity contribution in [3.63, 3.8) is 0 Å². The van der Waals surface area contributed by atoms with Crippen molar-refractivity contribution in [1.82, 2.24) is 14.9 Å². The summed E-state index contributed by atoms with van der Waals surface area (Å²) in [6, 6.07) is 9.13. The molecule has 2 aromatic heterocycles. The second kappa shape index (κ2) is 8.77. The lowest BCUT2D eigenvalue weighted by Gasteiger charge is -2.12. The van der Waals surface area contributed by atoms with Crippen LogP contribution in [-0.4, -0.2) is 36.2 Å². The minimum absolute atomic E-state index is 0.123. The van der Waals surface area contributed by atoms with Crippen LogP contribution in [0.5, 0.6) is 11.5 Å². The normalized spacial score (nSPS) is 10.8. The molecule has 29 heavy (non-hydrogen) atoms. The van der Waals surface area contributed by atoms with Gasteiger partial charge in [0.05, 0.1) is 19.6 Å². The van der Waals surface area contributed by atoms with Crippen LogP contribution in [0.2, 0.25) is 0 Å². The molecular formula is C22H25N3O4. The number of aromatic nitrogens is 2. The summed E-state index contributed by atoms with van der Waals surface area (Å²) in [5.74, 6) is 0.903. The third-order valence-electron chi connectivity index (χ3n) is 4.79. The van der Waals surface area contributed by atoms with Crippen LogP contribution in [0.1, 0.15) is 28.5 Å². The van der Waals surface area contributed by atoms with Crippen molar-refractivity contribution < 1.29 is 14.3 Å². The highest BCUT2D eigenvalue weighted by Gasteiger charge is 2.16. The van der Waals surface area contributed by atoms with Gasteiger partial charge in [-0.15, -0.1) is 0 Å². The number of aryl methyl sites for hydroxylation is 2. The van der Waals surface area contributed by atoms with E-state index in [0.717, 1.165) is 11.3 Å². The molecule has 3 rings (SSSR count). The molecule has 0 unspecified atom stereocenters. The first kappa shape index (κ1) is 20.4. The zero-order valence-corrected chi connectivity index (χ0v) is 17.1. The Morgan fingerprint density at radius 3 is 2.59 bits per heavy atom. The van der Waals surface area contributed by atoms with Crippen molar-refractivity contribution in [1.29, 1.82) is 0 Å². The highest BCUT2D eigenvalue weighted by atomic mass is 16.5. The zero-order chi connectivity index (χ0) is 21.0. The molecule has 7 nitrogen and oxygen atoms in total. The minimum Gasteiger partial charge on any atom is -0.493 e. The molecule has 0 fully saturated rings. The van der Waals surface area contributed by atoms with E-state index < -0.39 is 0 Å². The van der Waals surface area contributed by atoms with Gasteiger partial charge >= 0.3 is 0 Å². The average molecular weight is 395 g/mol. The van der Waals surface area contributed by atoms with Gasteiger partial charge < -0.3 is 19.4 Å². The number of nitrogens with zero attached hydrogens (tertiary/aromatic N) is 2. The first-order valence-electron chi connectivity index (χ1n) is 9.48. The van der Waals surface area contributed by atoms with Gasteiger partial charge in [0, 0.05) is 25.0 Å². The number of hydrogen-bond acceptors (Lipinski definition) is 5. The molecule has 152 valence electrons. The molecule has 0 saturated heterocycles. The first-order chi connectivity index (χ1) is 14.0. The molecule has 1 aromatic carbocycles. The lowest BCUT2D eigenvalue weighted by atomic mass is 10.1.